The van der Waals surface area contributed by atoms with Crippen molar-refractivity contribution in [3.63, 3.8) is 0 Å². The molecule has 9 heteroatoms. The standard InChI is InChI=1S/C29H39N3O6/c1-7-17-32(25(22-16-12-11-13-20(22)2)26(34)30-19-24(33)37-6)27(35)23(18-21-14-9-8-10-15-21)31-28(36)38-29(3,4)5/h8-16,23,25H,7,17-19H2,1-6H3,(H,30,34)(H,31,36). The summed E-state index contributed by atoms with van der Waals surface area (Å²) in [6.45, 7) is 8.87. The van der Waals surface area contributed by atoms with Gasteiger partial charge in [0.25, 0.3) is 0 Å². The van der Waals surface area contributed by atoms with Crippen molar-refractivity contribution in [2.75, 3.05) is 20.2 Å². The lowest BCUT2D eigenvalue weighted by atomic mass is 9.97. The number of rotatable bonds is 11. The number of alkyl carbamates (subject to hydrolysis) is 1. The Morgan fingerprint density at radius 3 is 2.18 bits per heavy atom. The number of methoxy groups -OCH3 is 1. The Labute approximate surface area is 224 Å². The van der Waals surface area contributed by atoms with Gasteiger partial charge in [0.1, 0.15) is 24.2 Å². The second-order valence-corrected chi connectivity index (χ2v) is 9.97. The molecule has 3 amide bonds. The highest BCUT2D eigenvalue weighted by atomic mass is 16.6. The van der Waals surface area contributed by atoms with E-state index in [2.05, 4.69) is 15.4 Å². The van der Waals surface area contributed by atoms with Gasteiger partial charge in [-0.3, -0.25) is 14.4 Å². The number of esters is 1. The highest BCUT2D eigenvalue weighted by Gasteiger charge is 2.36. The van der Waals surface area contributed by atoms with E-state index in [0.29, 0.717) is 12.0 Å². The molecule has 0 saturated heterocycles. The van der Waals surface area contributed by atoms with Gasteiger partial charge in [-0.2, -0.15) is 0 Å². The number of carbonyl (C=O) groups excluding carboxylic acids is 4. The second-order valence-electron chi connectivity index (χ2n) is 9.97. The summed E-state index contributed by atoms with van der Waals surface area (Å²) in [6, 6.07) is 14.5. The average Bonchev–Trinajstić information content (AvgIpc) is 2.86. The highest BCUT2D eigenvalue weighted by molar-refractivity contribution is 5.93. The molecule has 0 aromatic heterocycles. The molecule has 0 aliphatic rings. The Morgan fingerprint density at radius 1 is 0.974 bits per heavy atom. The molecule has 2 aromatic carbocycles. The zero-order chi connectivity index (χ0) is 28.3. The Morgan fingerprint density at radius 2 is 1.61 bits per heavy atom. The molecule has 2 N–H and O–H groups in total. The van der Waals surface area contributed by atoms with Crippen LogP contribution < -0.4 is 10.6 Å². The molecule has 9 nitrogen and oxygen atoms in total. The Hall–Kier alpha value is -3.88. The molecular weight excluding hydrogens is 486 g/mol. The molecule has 0 heterocycles. The molecule has 0 radical (unpaired) electrons. The predicted molar refractivity (Wildman–Crippen MR) is 144 cm³/mol. The van der Waals surface area contributed by atoms with Crippen molar-refractivity contribution in [1.82, 2.24) is 15.5 Å². The number of nitrogens with one attached hydrogen (secondary N) is 2. The van der Waals surface area contributed by atoms with Crippen LogP contribution in [0.4, 0.5) is 4.79 Å². The molecule has 206 valence electrons. The number of benzene rings is 2. The fraction of sp³-hybridized carbons (Fsp3) is 0.448. The number of carbonyl (C=O) groups is 4. The van der Waals surface area contributed by atoms with Gasteiger partial charge in [0, 0.05) is 13.0 Å². The Kier molecular flexibility index (Phi) is 11.3. The SMILES string of the molecule is CCCN(C(=O)C(Cc1ccccc1)NC(=O)OC(C)(C)C)C(C(=O)NCC(=O)OC)c1ccccc1C. The van der Waals surface area contributed by atoms with Crippen LogP contribution in [0.1, 0.15) is 56.8 Å². The van der Waals surface area contributed by atoms with Crippen molar-refractivity contribution in [1.29, 1.82) is 0 Å². The Balaban J connectivity index is 2.51. The fourth-order valence-electron chi connectivity index (χ4n) is 3.98. The van der Waals surface area contributed by atoms with Crippen LogP contribution in [0.3, 0.4) is 0 Å². The van der Waals surface area contributed by atoms with E-state index >= 15 is 0 Å². The molecule has 38 heavy (non-hydrogen) atoms. The maximum atomic E-state index is 14.1. The lowest BCUT2D eigenvalue weighted by molar-refractivity contribution is -0.144. The maximum absolute atomic E-state index is 14.1. The number of amides is 3. The van der Waals surface area contributed by atoms with Gasteiger partial charge in [-0.1, -0.05) is 61.5 Å². The van der Waals surface area contributed by atoms with Gasteiger partial charge in [0.15, 0.2) is 0 Å². The predicted octanol–water partition coefficient (Wildman–Crippen LogP) is 3.70. The van der Waals surface area contributed by atoms with Crippen molar-refractivity contribution in [2.24, 2.45) is 0 Å². The highest BCUT2D eigenvalue weighted by Crippen LogP contribution is 2.26. The van der Waals surface area contributed by atoms with Crippen LogP contribution in [-0.4, -0.2) is 60.6 Å². The minimum Gasteiger partial charge on any atom is -0.468 e. The van der Waals surface area contributed by atoms with Crippen LogP contribution in [0, 0.1) is 6.92 Å². The quantitative estimate of drug-likeness (QED) is 0.433. The summed E-state index contributed by atoms with van der Waals surface area (Å²) >= 11 is 0. The molecular formula is C29H39N3O6. The molecule has 0 aliphatic carbocycles. The monoisotopic (exact) mass is 525 g/mol. The van der Waals surface area contributed by atoms with Crippen LogP contribution in [0.25, 0.3) is 0 Å². The van der Waals surface area contributed by atoms with Crippen LogP contribution >= 0.6 is 0 Å². The van der Waals surface area contributed by atoms with Crippen molar-refractivity contribution in [3.05, 3.63) is 71.3 Å². The summed E-state index contributed by atoms with van der Waals surface area (Å²) in [5.41, 5.74) is 1.50. The number of ether oxygens (including phenoxy) is 2. The lowest BCUT2D eigenvalue weighted by Gasteiger charge is -2.35. The van der Waals surface area contributed by atoms with E-state index in [1.807, 2.05) is 56.3 Å². The van der Waals surface area contributed by atoms with E-state index in [1.165, 1.54) is 12.0 Å². The first-order valence-electron chi connectivity index (χ1n) is 12.7. The van der Waals surface area contributed by atoms with E-state index in [9.17, 15) is 19.2 Å². The molecule has 2 atom stereocenters. The molecule has 0 aliphatic heterocycles. The minimum absolute atomic E-state index is 0.198. The summed E-state index contributed by atoms with van der Waals surface area (Å²) < 4.78 is 10.1. The molecule has 0 saturated carbocycles. The fourth-order valence-corrected chi connectivity index (χ4v) is 3.98. The molecule has 2 rings (SSSR count). The molecule has 0 spiro atoms. The molecule has 0 bridgehead atoms. The largest absolute Gasteiger partial charge is 0.468 e. The number of aryl methyl sites for hydroxylation is 1. The molecule has 2 unspecified atom stereocenters. The number of hydrogen-bond donors (Lipinski definition) is 2. The van der Waals surface area contributed by atoms with Crippen LogP contribution in [0.5, 0.6) is 0 Å². The van der Waals surface area contributed by atoms with Crippen molar-refractivity contribution < 1.29 is 28.7 Å². The van der Waals surface area contributed by atoms with Crippen LogP contribution in [-0.2, 0) is 30.3 Å². The first-order chi connectivity index (χ1) is 18.0. The smallest absolute Gasteiger partial charge is 0.408 e. The summed E-state index contributed by atoms with van der Waals surface area (Å²) in [6.07, 6.45) is 0.0255. The maximum Gasteiger partial charge on any atom is 0.408 e. The zero-order valence-electron chi connectivity index (χ0n) is 23.1. The zero-order valence-corrected chi connectivity index (χ0v) is 23.1. The summed E-state index contributed by atoms with van der Waals surface area (Å²) in [5.74, 6) is -1.57. The minimum atomic E-state index is -1.04. The number of nitrogens with zero attached hydrogens (tertiary/aromatic N) is 1. The van der Waals surface area contributed by atoms with Crippen molar-refractivity contribution in [2.45, 2.75) is 65.1 Å². The topological polar surface area (TPSA) is 114 Å². The van der Waals surface area contributed by atoms with E-state index in [0.717, 1.165) is 11.1 Å². The van der Waals surface area contributed by atoms with E-state index < -0.39 is 41.6 Å². The summed E-state index contributed by atoms with van der Waals surface area (Å²) in [4.78, 5) is 53.6. The van der Waals surface area contributed by atoms with Gasteiger partial charge in [-0.15, -0.1) is 0 Å². The van der Waals surface area contributed by atoms with Gasteiger partial charge in [-0.25, -0.2) is 4.79 Å². The van der Waals surface area contributed by atoms with E-state index in [1.54, 1.807) is 32.9 Å². The third-order valence-corrected chi connectivity index (χ3v) is 5.70. The summed E-state index contributed by atoms with van der Waals surface area (Å²) in [5, 5.41) is 5.32. The third-order valence-electron chi connectivity index (χ3n) is 5.70. The first-order valence-corrected chi connectivity index (χ1v) is 12.7. The Bertz CT molecular complexity index is 1100. The van der Waals surface area contributed by atoms with Crippen molar-refractivity contribution >= 4 is 23.9 Å². The van der Waals surface area contributed by atoms with Crippen LogP contribution in [0.2, 0.25) is 0 Å². The average molecular weight is 526 g/mol. The molecule has 0 fully saturated rings. The van der Waals surface area contributed by atoms with Gasteiger partial charge in [0.2, 0.25) is 11.8 Å². The lowest BCUT2D eigenvalue weighted by Crippen LogP contribution is -2.54. The van der Waals surface area contributed by atoms with Gasteiger partial charge in [-0.05, 0) is 50.8 Å². The molecule has 2 aromatic rings. The normalized spacial score (nSPS) is 12.6. The van der Waals surface area contributed by atoms with E-state index in [-0.39, 0.29) is 19.5 Å². The van der Waals surface area contributed by atoms with Crippen LogP contribution in [0.15, 0.2) is 54.6 Å². The van der Waals surface area contributed by atoms with Crippen molar-refractivity contribution in [3.8, 4) is 0 Å². The van der Waals surface area contributed by atoms with Gasteiger partial charge < -0.3 is 25.0 Å². The second kappa shape index (κ2) is 14.2. The first kappa shape index (κ1) is 30.3. The van der Waals surface area contributed by atoms with E-state index in [4.69, 9.17) is 4.74 Å². The van der Waals surface area contributed by atoms with Gasteiger partial charge >= 0.3 is 12.1 Å². The van der Waals surface area contributed by atoms with Gasteiger partial charge in [0.05, 0.1) is 7.11 Å². The summed E-state index contributed by atoms with van der Waals surface area (Å²) in [7, 11) is 1.23. The number of hydrogen-bond acceptors (Lipinski definition) is 6. The third kappa shape index (κ3) is 9.21.